The fraction of sp³-hybridized carbons (Fsp3) is 0.214. The molecule has 0 spiro atoms. The SMILES string of the molecule is Cc1ccc(OCc2ccc(Br)cc2[N+](=O)[O-])c(CBr)n1. The molecule has 0 N–H and O–H groups in total. The van der Waals surface area contributed by atoms with Crippen LogP contribution in [-0.4, -0.2) is 9.91 Å². The van der Waals surface area contributed by atoms with Crippen molar-refractivity contribution < 1.29 is 9.66 Å². The van der Waals surface area contributed by atoms with E-state index < -0.39 is 4.92 Å². The van der Waals surface area contributed by atoms with Crippen molar-refractivity contribution in [3.05, 3.63) is 61.9 Å². The second kappa shape index (κ2) is 7.00. The average molecular weight is 416 g/mol. The van der Waals surface area contributed by atoms with Crippen molar-refractivity contribution in [3.63, 3.8) is 0 Å². The highest BCUT2D eigenvalue weighted by atomic mass is 79.9. The highest BCUT2D eigenvalue weighted by Crippen LogP contribution is 2.26. The van der Waals surface area contributed by atoms with E-state index in [2.05, 4.69) is 36.8 Å². The van der Waals surface area contributed by atoms with E-state index in [1.54, 1.807) is 12.1 Å². The number of hydrogen-bond donors (Lipinski definition) is 0. The van der Waals surface area contributed by atoms with Gasteiger partial charge in [0.1, 0.15) is 12.4 Å². The fourth-order valence-electron chi connectivity index (χ4n) is 1.81. The zero-order valence-corrected chi connectivity index (χ0v) is 14.3. The Morgan fingerprint density at radius 2 is 2.10 bits per heavy atom. The quantitative estimate of drug-likeness (QED) is 0.408. The maximum absolute atomic E-state index is 11.1. The third-order valence-corrected chi connectivity index (χ3v) is 3.85. The van der Waals surface area contributed by atoms with Crippen molar-refractivity contribution in [3.8, 4) is 5.75 Å². The van der Waals surface area contributed by atoms with E-state index in [1.165, 1.54) is 6.07 Å². The van der Waals surface area contributed by atoms with Gasteiger partial charge in [0.05, 0.1) is 16.2 Å². The zero-order valence-electron chi connectivity index (χ0n) is 11.2. The van der Waals surface area contributed by atoms with E-state index in [-0.39, 0.29) is 12.3 Å². The monoisotopic (exact) mass is 414 g/mol. The standard InChI is InChI=1S/C14H12Br2N2O3/c1-9-2-5-14(12(7-15)17-9)21-8-10-3-4-11(16)6-13(10)18(19)20/h2-6H,7-8H2,1H3. The number of hydrogen-bond acceptors (Lipinski definition) is 4. The summed E-state index contributed by atoms with van der Waals surface area (Å²) in [6.07, 6.45) is 0. The molecule has 21 heavy (non-hydrogen) atoms. The Bertz CT molecular complexity index is 677. The van der Waals surface area contributed by atoms with Crippen molar-refractivity contribution in [2.75, 3.05) is 0 Å². The Morgan fingerprint density at radius 1 is 1.33 bits per heavy atom. The Hall–Kier alpha value is -1.47. The summed E-state index contributed by atoms with van der Waals surface area (Å²) in [5.41, 5.74) is 2.22. The molecule has 0 aliphatic heterocycles. The molecule has 1 heterocycles. The molecule has 0 radical (unpaired) electrons. The van der Waals surface area contributed by atoms with Crippen LogP contribution in [-0.2, 0) is 11.9 Å². The molecule has 7 heteroatoms. The summed E-state index contributed by atoms with van der Waals surface area (Å²) in [5.74, 6) is 0.620. The number of alkyl halides is 1. The fourth-order valence-corrected chi connectivity index (χ4v) is 2.56. The molecule has 0 bridgehead atoms. The second-order valence-corrected chi connectivity index (χ2v) is 5.83. The van der Waals surface area contributed by atoms with Crippen LogP contribution in [0.5, 0.6) is 5.75 Å². The Kier molecular flexibility index (Phi) is 5.30. The zero-order chi connectivity index (χ0) is 15.4. The molecule has 0 aliphatic rings. The second-order valence-electron chi connectivity index (χ2n) is 4.35. The molecule has 0 unspecified atom stereocenters. The number of nitrogens with zero attached hydrogens (tertiary/aromatic N) is 2. The van der Waals surface area contributed by atoms with Gasteiger partial charge in [0.15, 0.2) is 0 Å². The van der Waals surface area contributed by atoms with Gasteiger partial charge in [-0.3, -0.25) is 15.1 Å². The lowest BCUT2D eigenvalue weighted by Crippen LogP contribution is -2.03. The minimum atomic E-state index is -0.414. The molecular weight excluding hydrogens is 404 g/mol. The van der Waals surface area contributed by atoms with Crippen LogP contribution in [0.3, 0.4) is 0 Å². The topological polar surface area (TPSA) is 65.3 Å². The van der Waals surface area contributed by atoms with Crippen molar-refractivity contribution in [1.29, 1.82) is 0 Å². The first-order valence-electron chi connectivity index (χ1n) is 6.09. The number of benzene rings is 1. The normalized spacial score (nSPS) is 10.4. The molecule has 0 amide bonds. The van der Waals surface area contributed by atoms with E-state index in [1.807, 2.05) is 19.1 Å². The first-order chi connectivity index (χ1) is 10.0. The van der Waals surface area contributed by atoms with E-state index in [4.69, 9.17) is 4.74 Å². The summed E-state index contributed by atoms with van der Waals surface area (Å²) in [4.78, 5) is 15.0. The Balaban J connectivity index is 2.22. The Morgan fingerprint density at radius 3 is 2.76 bits per heavy atom. The lowest BCUT2D eigenvalue weighted by atomic mass is 10.2. The van der Waals surface area contributed by atoms with Crippen molar-refractivity contribution in [2.45, 2.75) is 18.9 Å². The molecule has 1 aromatic carbocycles. The van der Waals surface area contributed by atoms with Gasteiger partial charge in [0, 0.05) is 21.6 Å². The number of nitro groups is 1. The van der Waals surface area contributed by atoms with Crippen LogP contribution >= 0.6 is 31.9 Å². The molecule has 110 valence electrons. The van der Waals surface area contributed by atoms with Gasteiger partial charge < -0.3 is 4.74 Å². The van der Waals surface area contributed by atoms with Crippen LogP contribution in [0.4, 0.5) is 5.69 Å². The van der Waals surface area contributed by atoms with E-state index in [9.17, 15) is 10.1 Å². The van der Waals surface area contributed by atoms with Crippen LogP contribution < -0.4 is 4.74 Å². The Labute approximate surface area is 138 Å². The lowest BCUT2D eigenvalue weighted by Gasteiger charge is -2.10. The molecule has 0 fully saturated rings. The number of aryl methyl sites for hydroxylation is 1. The molecule has 2 aromatic rings. The van der Waals surface area contributed by atoms with Gasteiger partial charge in [-0.2, -0.15) is 0 Å². The van der Waals surface area contributed by atoms with Gasteiger partial charge in [-0.25, -0.2) is 0 Å². The first kappa shape index (κ1) is 15.9. The summed E-state index contributed by atoms with van der Waals surface area (Å²) in [5, 5.41) is 11.6. The van der Waals surface area contributed by atoms with Gasteiger partial charge in [-0.05, 0) is 31.2 Å². The van der Waals surface area contributed by atoms with Crippen LogP contribution in [0.25, 0.3) is 0 Å². The van der Waals surface area contributed by atoms with Crippen LogP contribution in [0.15, 0.2) is 34.8 Å². The van der Waals surface area contributed by atoms with E-state index in [0.717, 1.165) is 11.4 Å². The molecule has 2 rings (SSSR count). The van der Waals surface area contributed by atoms with Crippen LogP contribution in [0.1, 0.15) is 17.0 Å². The summed E-state index contributed by atoms with van der Waals surface area (Å²) < 4.78 is 6.35. The third-order valence-electron chi connectivity index (χ3n) is 2.83. The molecular formula is C14H12Br2N2O3. The van der Waals surface area contributed by atoms with Crippen molar-refractivity contribution in [2.24, 2.45) is 0 Å². The molecule has 5 nitrogen and oxygen atoms in total. The average Bonchev–Trinajstić information content (AvgIpc) is 2.46. The number of aromatic nitrogens is 1. The molecule has 0 saturated heterocycles. The van der Waals surface area contributed by atoms with Gasteiger partial charge >= 0.3 is 0 Å². The maximum Gasteiger partial charge on any atom is 0.277 e. The van der Waals surface area contributed by atoms with E-state index in [0.29, 0.717) is 21.1 Å². The minimum Gasteiger partial charge on any atom is -0.487 e. The van der Waals surface area contributed by atoms with Crippen LogP contribution in [0, 0.1) is 17.0 Å². The van der Waals surface area contributed by atoms with Gasteiger partial charge in [0.2, 0.25) is 0 Å². The third kappa shape index (κ3) is 4.01. The summed E-state index contributed by atoms with van der Waals surface area (Å²) >= 11 is 6.59. The summed E-state index contributed by atoms with van der Waals surface area (Å²) in [7, 11) is 0. The molecule has 0 saturated carbocycles. The highest BCUT2D eigenvalue weighted by Gasteiger charge is 2.15. The molecule has 0 aliphatic carbocycles. The lowest BCUT2D eigenvalue weighted by molar-refractivity contribution is -0.385. The van der Waals surface area contributed by atoms with E-state index >= 15 is 0 Å². The smallest absolute Gasteiger partial charge is 0.277 e. The van der Waals surface area contributed by atoms with Crippen LogP contribution in [0.2, 0.25) is 0 Å². The number of ether oxygens (including phenoxy) is 1. The van der Waals surface area contributed by atoms with Gasteiger partial charge in [-0.1, -0.05) is 31.9 Å². The van der Waals surface area contributed by atoms with Gasteiger partial charge in [-0.15, -0.1) is 0 Å². The summed E-state index contributed by atoms with van der Waals surface area (Å²) in [6, 6.07) is 8.57. The maximum atomic E-state index is 11.1. The summed E-state index contributed by atoms with van der Waals surface area (Å²) in [6.45, 7) is 2.02. The number of halogens is 2. The van der Waals surface area contributed by atoms with Crippen molar-refractivity contribution in [1.82, 2.24) is 4.98 Å². The number of pyridine rings is 1. The van der Waals surface area contributed by atoms with Gasteiger partial charge in [0.25, 0.3) is 5.69 Å². The minimum absolute atomic E-state index is 0.0323. The molecule has 1 aromatic heterocycles. The predicted octanol–water partition coefficient (Wildman–Crippen LogP) is 4.53. The molecule has 0 atom stereocenters. The largest absolute Gasteiger partial charge is 0.487 e. The number of rotatable bonds is 5. The first-order valence-corrected chi connectivity index (χ1v) is 8.01. The van der Waals surface area contributed by atoms with Crippen molar-refractivity contribution >= 4 is 37.5 Å². The highest BCUT2D eigenvalue weighted by molar-refractivity contribution is 9.10. The predicted molar refractivity (Wildman–Crippen MR) is 86.7 cm³/mol. The number of nitro benzene ring substituents is 1.